The summed E-state index contributed by atoms with van der Waals surface area (Å²) in [5.41, 5.74) is 2.85. The minimum absolute atomic E-state index is 0.0694. The van der Waals surface area contributed by atoms with Gasteiger partial charge >= 0.3 is 0 Å². The highest BCUT2D eigenvalue weighted by Crippen LogP contribution is 2.28. The number of nitriles is 1. The molecular formula is C21H28N6. The van der Waals surface area contributed by atoms with Gasteiger partial charge in [-0.05, 0) is 25.5 Å². The van der Waals surface area contributed by atoms with Crippen molar-refractivity contribution in [2.45, 2.75) is 46.5 Å². The quantitative estimate of drug-likeness (QED) is 0.833. The standard InChI is InChI=1S/C21H28N6/c1-6-17-15(2)24-20(21(3,4)5)25-19(17)27-11-9-26(10-12-27)18-8-7-16(13-22)14-23-18/h7-8,14H,6,9-12H2,1-5H3. The zero-order chi connectivity index (χ0) is 19.6. The van der Waals surface area contributed by atoms with Crippen molar-refractivity contribution in [1.29, 1.82) is 5.26 Å². The highest BCUT2D eigenvalue weighted by atomic mass is 15.3. The van der Waals surface area contributed by atoms with Crippen LogP contribution >= 0.6 is 0 Å². The molecule has 0 aromatic carbocycles. The number of rotatable bonds is 3. The lowest BCUT2D eigenvalue weighted by atomic mass is 9.95. The number of aromatic nitrogens is 3. The van der Waals surface area contributed by atoms with Crippen molar-refractivity contribution in [3.63, 3.8) is 0 Å². The van der Waals surface area contributed by atoms with Crippen molar-refractivity contribution in [3.8, 4) is 6.07 Å². The van der Waals surface area contributed by atoms with Crippen LogP contribution in [0.2, 0.25) is 0 Å². The fraction of sp³-hybridized carbons (Fsp3) is 0.524. The van der Waals surface area contributed by atoms with Crippen LogP contribution in [0, 0.1) is 18.3 Å². The van der Waals surface area contributed by atoms with Crippen molar-refractivity contribution < 1.29 is 0 Å². The molecule has 0 aliphatic carbocycles. The molecule has 1 aliphatic heterocycles. The molecule has 2 aromatic rings. The van der Waals surface area contributed by atoms with Gasteiger partial charge in [-0.2, -0.15) is 5.26 Å². The lowest BCUT2D eigenvalue weighted by molar-refractivity contribution is 0.537. The Morgan fingerprint density at radius 3 is 2.26 bits per heavy atom. The third-order valence-electron chi connectivity index (χ3n) is 5.00. The molecule has 0 spiro atoms. The Morgan fingerprint density at radius 1 is 1.07 bits per heavy atom. The van der Waals surface area contributed by atoms with Crippen LogP contribution in [0.3, 0.4) is 0 Å². The monoisotopic (exact) mass is 364 g/mol. The number of anilines is 2. The summed E-state index contributed by atoms with van der Waals surface area (Å²) in [7, 11) is 0. The smallest absolute Gasteiger partial charge is 0.136 e. The molecule has 3 rings (SSSR count). The minimum atomic E-state index is -0.0694. The predicted octanol–water partition coefficient (Wildman–Crippen LogP) is 3.24. The van der Waals surface area contributed by atoms with E-state index in [-0.39, 0.29) is 5.41 Å². The number of pyridine rings is 1. The van der Waals surface area contributed by atoms with Gasteiger partial charge in [0.05, 0.1) is 5.56 Å². The van der Waals surface area contributed by atoms with Gasteiger partial charge in [-0.3, -0.25) is 0 Å². The molecule has 1 aliphatic rings. The minimum Gasteiger partial charge on any atom is -0.353 e. The third kappa shape index (κ3) is 4.02. The van der Waals surface area contributed by atoms with Crippen LogP contribution in [-0.2, 0) is 11.8 Å². The lowest BCUT2D eigenvalue weighted by Gasteiger charge is -2.37. The van der Waals surface area contributed by atoms with E-state index in [1.54, 1.807) is 6.20 Å². The van der Waals surface area contributed by atoms with Crippen molar-refractivity contribution >= 4 is 11.6 Å². The molecular weight excluding hydrogens is 336 g/mol. The number of piperazine rings is 1. The van der Waals surface area contributed by atoms with Crippen LogP contribution in [0.15, 0.2) is 18.3 Å². The number of nitrogens with zero attached hydrogens (tertiary/aromatic N) is 6. The zero-order valence-electron chi connectivity index (χ0n) is 17.0. The van der Waals surface area contributed by atoms with Crippen LogP contribution in [-0.4, -0.2) is 41.1 Å². The van der Waals surface area contributed by atoms with Gasteiger partial charge in [0.15, 0.2) is 0 Å². The van der Waals surface area contributed by atoms with E-state index in [1.165, 1.54) is 5.56 Å². The van der Waals surface area contributed by atoms with E-state index < -0.39 is 0 Å². The van der Waals surface area contributed by atoms with Crippen LogP contribution < -0.4 is 9.80 Å². The fourth-order valence-electron chi connectivity index (χ4n) is 3.38. The summed E-state index contributed by atoms with van der Waals surface area (Å²) in [6.07, 6.45) is 2.57. The van der Waals surface area contributed by atoms with Gasteiger partial charge in [-0.15, -0.1) is 0 Å². The first-order chi connectivity index (χ1) is 12.8. The molecule has 6 heteroatoms. The summed E-state index contributed by atoms with van der Waals surface area (Å²) >= 11 is 0. The Labute approximate surface area is 161 Å². The molecule has 1 fully saturated rings. The van der Waals surface area contributed by atoms with E-state index in [0.29, 0.717) is 5.56 Å². The first-order valence-corrected chi connectivity index (χ1v) is 9.57. The average Bonchev–Trinajstić information content (AvgIpc) is 2.67. The molecule has 0 saturated carbocycles. The fourth-order valence-corrected chi connectivity index (χ4v) is 3.38. The Bertz CT molecular complexity index is 837. The van der Waals surface area contributed by atoms with E-state index in [2.05, 4.69) is 55.5 Å². The lowest BCUT2D eigenvalue weighted by Crippen LogP contribution is -2.47. The van der Waals surface area contributed by atoms with Gasteiger partial charge < -0.3 is 9.80 Å². The highest BCUT2D eigenvalue weighted by Gasteiger charge is 2.25. The third-order valence-corrected chi connectivity index (χ3v) is 5.00. The molecule has 2 aromatic heterocycles. The van der Waals surface area contributed by atoms with Crippen LogP contribution in [0.1, 0.15) is 50.3 Å². The Morgan fingerprint density at radius 2 is 1.74 bits per heavy atom. The van der Waals surface area contributed by atoms with Gasteiger partial charge in [-0.1, -0.05) is 27.7 Å². The van der Waals surface area contributed by atoms with Crippen LogP contribution in [0.5, 0.6) is 0 Å². The van der Waals surface area contributed by atoms with Gasteiger partial charge in [-0.25, -0.2) is 15.0 Å². The maximum absolute atomic E-state index is 8.93. The summed E-state index contributed by atoms with van der Waals surface area (Å²) in [5, 5.41) is 8.93. The second-order valence-electron chi connectivity index (χ2n) is 8.03. The van der Waals surface area contributed by atoms with Crippen molar-refractivity contribution in [2.75, 3.05) is 36.0 Å². The first-order valence-electron chi connectivity index (χ1n) is 9.57. The molecule has 27 heavy (non-hydrogen) atoms. The maximum Gasteiger partial charge on any atom is 0.136 e. The van der Waals surface area contributed by atoms with Crippen LogP contribution in [0.25, 0.3) is 0 Å². The van der Waals surface area contributed by atoms with Crippen molar-refractivity contribution in [3.05, 3.63) is 41.0 Å². The molecule has 0 radical (unpaired) electrons. The molecule has 0 amide bonds. The summed E-state index contributed by atoms with van der Waals surface area (Å²) in [6, 6.07) is 5.87. The van der Waals surface area contributed by atoms with Gasteiger partial charge in [0.2, 0.25) is 0 Å². The predicted molar refractivity (Wildman–Crippen MR) is 108 cm³/mol. The van der Waals surface area contributed by atoms with E-state index in [0.717, 1.165) is 55.8 Å². The van der Waals surface area contributed by atoms with E-state index >= 15 is 0 Å². The van der Waals surface area contributed by atoms with Gasteiger partial charge in [0, 0.05) is 49.0 Å². The van der Waals surface area contributed by atoms with Crippen molar-refractivity contribution in [2.24, 2.45) is 0 Å². The maximum atomic E-state index is 8.93. The van der Waals surface area contributed by atoms with Crippen molar-refractivity contribution in [1.82, 2.24) is 15.0 Å². The topological polar surface area (TPSA) is 68.9 Å². The molecule has 0 bridgehead atoms. The molecule has 3 heterocycles. The molecule has 6 nitrogen and oxygen atoms in total. The average molecular weight is 364 g/mol. The molecule has 0 atom stereocenters. The summed E-state index contributed by atoms with van der Waals surface area (Å²) in [5.74, 6) is 2.92. The first kappa shape index (κ1) is 19.1. The zero-order valence-corrected chi connectivity index (χ0v) is 17.0. The molecule has 142 valence electrons. The second-order valence-corrected chi connectivity index (χ2v) is 8.03. The van der Waals surface area contributed by atoms with Gasteiger partial charge in [0.1, 0.15) is 23.5 Å². The second kappa shape index (κ2) is 7.51. The van der Waals surface area contributed by atoms with E-state index in [4.69, 9.17) is 15.2 Å². The van der Waals surface area contributed by atoms with E-state index in [9.17, 15) is 0 Å². The summed E-state index contributed by atoms with van der Waals surface area (Å²) in [6.45, 7) is 14.3. The SMILES string of the molecule is CCc1c(C)nc(C(C)(C)C)nc1N1CCN(c2ccc(C#N)cn2)CC1. The summed E-state index contributed by atoms with van der Waals surface area (Å²) in [4.78, 5) is 18.8. The number of hydrogen-bond donors (Lipinski definition) is 0. The van der Waals surface area contributed by atoms with E-state index in [1.807, 2.05) is 12.1 Å². The molecule has 0 N–H and O–H groups in total. The normalized spacial score (nSPS) is 15.0. The number of hydrogen-bond acceptors (Lipinski definition) is 6. The number of aryl methyl sites for hydroxylation is 1. The van der Waals surface area contributed by atoms with Gasteiger partial charge in [0.25, 0.3) is 0 Å². The summed E-state index contributed by atoms with van der Waals surface area (Å²) < 4.78 is 0. The Kier molecular flexibility index (Phi) is 5.31. The Balaban J connectivity index is 1.81. The Hall–Kier alpha value is -2.68. The molecule has 1 saturated heterocycles. The highest BCUT2D eigenvalue weighted by molar-refractivity contribution is 5.52. The largest absolute Gasteiger partial charge is 0.353 e. The van der Waals surface area contributed by atoms with Crippen LogP contribution in [0.4, 0.5) is 11.6 Å². The molecule has 0 unspecified atom stereocenters.